The molecule has 0 radical (unpaired) electrons. The van der Waals surface area contributed by atoms with Gasteiger partial charge >= 0.3 is 0 Å². The first kappa shape index (κ1) is 17.7. The average Bonchev–Trinajstić information content (AvgIpc) is 2.63. The fourth-order valence-corrected chi connectivity index (χ4v) is 3.33. The third-order valence-corrected chi connectivity index (χ3v) is 4.79. The number of pyridine rings is 2. The third kappa shape index (κ3) is 3.93. The van der Waals surface area contributed by atoms with Gasteiger partial charge in [-0.2, -0.15) is 0 Å². The first-order valence-corrected chi connectivity index (χ1v) is 9.27. The van der Waals surface area contributed by atoms with Gasteiger partial charge in [-0.05, 0) is 49.7 Å². The van der Waals surface area contributed by atoms with Gasteiger partial charge in [-0.15, -0.1) is 0 Å². The van der Waals surface area contributed by atoms with Crippen molar-refractivity contribution in [2.24, 2.45) is 0 Å². The molecule has 0 aliphatic heterocycles. The molecule has 2 aromatic heterocycles. The SMILES string of the molecule is CCN(CC)c1ccc(Cc2cc3cc(Br)ccc3nc2OC)cn1. The van der Waals surface area contributed by atoms with Crippen molar-refractivity contribution in [3.8, 4) is 5.88 Å². The fourth-order valence-electron chi connectivity index (χ4n) is 2.95. The fraction of sp³-hybridized carbons (Fsp3) is 0.300. The second-order valence-electron chi connectivity index (χ2n) is 5.87. The van der Waals surface area contributed by atoms with E-state index in [9.17, 15) is 0 Å². The molecule has 0 unspecified atom stereocenters. The van der Waals surface area contributed by atoms with Crippen molar-refractivity contribution in [2.75, 3.05) is 25.1 Å². The summed E-state index contributed by atoms with van der Waals surface area (Å²) in [6.07, 6.45) is 2.68. The summed E-state index contributed by atoms with van der Waals surface area (Å²) in [5.41, 5.74) is 3.13. The molecule has 5 heteroatoms. The van der Waals surface area contributed by atoms with Crippen LogP contribution < -0.4 is 9.64 Å². The molecule has 130 valence electrons. The third-order valence-electron chi connectivity index (χ3n) is 4.30. The maximum atomic E-state index is 5.50. The minimum Gasteiger partial charge on any atom is -0.481 e. The van der Waals surface area contributed by atoms with Gasteiger partial charge in [0.2, 0.25) is 5.88 Å². The molecule has 3 rings (SSSR count). The predicted octanol–water partition coefficient (Wildman–Crippen LogP) is 4.84. The molecule has 0 N–H and O–H groups in total. The van der Waals surface area contributed by atoms with Gasteiger partial charge in [0, 0.05) is 41.1 Å². The van der Waals surface area contributed by atoms with Gasteiger partial charge in [0.25, 0.3) is 0 Å². The van der Waals surface area contributed by atoms with Crippen molar-refractivity contribution < 1.29 is 4.74 Å². The van der Waals surface area contributed by atoms with E-state index in [-0.39, 0.29) is 0 Å². The summed E-state index contributed by atoms with van der Waals surface area (Å²) >= 11 is 3.52. The zero-order valence-electron chi connectivity index (χ0n) is 14.8. The van der Waals surface area contributed by atoms with E-state index in [0.717, 1.165) is 51.8 Å². The van der Waals surface area contributed by atoms with E-state index in [1.165, 1.54) is 0 Å². The summed E-state index contributed by atoms with van der Waals surface area (Å²) < 4.78 is 6.55. The largest absolute Gasteiger partial charge is 0.481 e. The smallest absolute Gasteiger partial charge is 0.217 e. The number of benzene rings is 1. The highest BCUT2D eigenvalue weighted by atomic mass is 79.9. The van der Waals surface area contributed by atoms with Crippen LogP contribution in [0, 0.1) is 0 Å². The molecule has 0 saturated carbocycles. The van der Waals surface area contributed by atoms with Crippen LogP contribution in [0.1, 0.15) is 25.0 Å². The van der Waals surface area contributed by atoms with Crippen LogP contribution in [0.15, 0.2) is 47.1 Å². The second kappa shape index (κ2) is 7.83. The summed E-state index contributed by atoms with van der Waals surface area (Å²) in [7, 11) is 1.66. The Morgan fingerprint density at radius 3 is 2.52 bits per heavy atom. The highest BCUT2D eigenvalue weighted by Crippen LogP contribution is 2.27. The molecule has 0 aliphatic rings. The topological polar surface area (TPSA) is 38.2 Å². The lowest BCUT2D eigenvalue weighted by Crippen LogP contribution is -2.22. The molecule has 0 atom stereocenters. The lowest BCUT2D eigenvalue weighted by molar-refractivity contribution is 0.395. The van der Waals surface area contributed by atoms with Crippen LogP contribution in [0.3, 0.4) is 0 Å². The van der Waals surface area contributed by atoms with Gasteiger partial charge in [-0.3, -0.25) is 0 Å². The quantitative estimate of drug-likeness (QED) is 0.594. The van der Waals surface area contributed by atoms with E-state index in [0.29, 0.717) is 5.88 Å². The maximum Gasteiger partial charge on any atom is 0.217 e. The summed E-state index contributed by atoms with van der Waals surface area (Å²) in [5.74, 6) is 1.68. The Balaban J connectivity index is 1.91. The maximum absolute atomic E-state index is 5.50. The number of methoxy groups -OCH3 is 1. The number of hydrogen-bond acceptors (Lipinski definition) is 4. The summed E-state index contributed by atoms with van der Waals surface area (Å²) in [6.45, 7) is 6.20. The monoisotopic (exact) mass is 399 g/mol. The van der Waals surface area contributed by atoms with Crippen LogP contribution in [-0.4, -0.2) is 30.2 Å². The zero-order valence-corrected chi connectivity index (χ0v) is 16.4. The Kier molecular flexibility index (Phi) is 5.53. The van der Waals surface area contributed by atoms with E-state index in [2.05, 4.69) is 68.9 Å². The van der Waals surface area contributed by atoms with Crippen LogP contribution in [0.2, 0.25) is 0 Å². The lowest BCUT2D eigenvalue weighted by atomic mass is 10.1. The Hall–Kier alpha value is -2.14. The van der Waals surface area contributed by atoms with Gasteiger partial charge in [0.15, 0.2) is 0 Å². The molecular weight excluding hydrogens is 378 g/mol. The number of aromatic nitrogens is 2. The van der Waals surface area contributed by atoms with Crippen LogP contribution in [0.5, 0.6) is 5.88 Å². The van der Waals surface area contributed by atoms with Crippen molar-refractivity contribution in [3.63, 3.8) is 0 Å². The van der Waals surface area contributed by atoms with Gasteiger partial charge in [0.05, 0.1) is 12.6 Å². The van der Waals surface area contributed by atoms with E-state index in [1.807, 2.05) is 18.3 Å². The molecule has 0 aliphatic carbocycles. The Morgan fingerprint density at radius 2 is 1.88 bits per heavy atom. The lowest BCUT2D eigenvalue weighted by Gasteiger charge is -2.19. The van der Waals surface area contributed by atoms with Gasteiger partial charge in [0.1, 0.15) is 5.82 Å². The van der Waals surface area contributed by atoms with E-state index >= 15 is 0 Å². The molecule has 0 fully saturated rings. The van der Waals surface area contributed by atoms with Crippen LogP contribution in [0.25, 0.3) is 10.9 Å². The van der Waals surface area contributed by atoms with Crippen molar-refractivity contribution in [2.45, 2.75) is 20.3 Å². The Bertz CT molecular complexity index is 861. The van der Waals surface area contributed by atoms with Crippen molar-refractivity contribution in [1.82, 2.24) is 9.97 Å². The van der Waals surface area contributed by atoms with Crippen LogP contribution in [0.4, 0.5) is 5.82 Å². The first-order chi connectivity index (χ1) is 12.1. The number of ether oxygens (including phenoxy) is 1. The van der Waals surface area contributed by atoms with E-state index < -0.39 is 0 Å². The van der Waals surface area contributed by atoms with Crippen molar-refractivity contribution in [1.29, 1.82) is 0 Å². The summed E-state index contributed by atoms with van der Waals surface area (Å²) in [6, 6.07) is 12.4. The standard InChI is InChI=1S/C20H22BrN3O/c1-4-24(5-2)19-9-6-14(13-22-19)10-16-11-15-12-17(21)7-8-18(15)23-20(16)25-3/h6-9,11-13H,4-5,10H2,1-3H3. The molecule has 1 aromatic carbocycles. The van der Waals surface area contributed by atoms with Crippen molar-refractivity contribution >= 4 is 32.7 Å². The summed E-state index contributed by atoms with van der Waals surface area (Å²) in [5, 5.41) is 1.10. The molecule has 0 spiro atoms. The molecule has 2 heterocycles. The molecule has 25 heavy (non-hydrogen) atoms. The Labute approximate surface area is 157 Å². The number of fused-ring (bicyclic) bond motifs is 1. The van der Waals surface area contributed by atoms with Crippen molar-refractivity contribution in [3.05, 3.63) is 58.2 Å². The van der Waals surface area contributed by atoms with Gasteiger partial charge in [-0.25, -0.2) is 9.97 Å². The number of anilines is 1. The van der Waals surface area contributed by atoms with Gasteiger partial charge in [-0.1, -0.05) is 22.0 Å². The zero-order chi connectivity index (χ0) is 17.8. The minimum atomic E-state index is 0.669. The highest BCUT2D eigenvalue weighted by Gasteiger charge is 2.10. The predicted molar refractivity (Wildman–Crippen MR) is 107 cm³/mol. The number of rotatable bonds is 6. The van der Waals surface area contributed by atoms with E-state index in [4.69, 9.17) is 4.74 Å². The van der Waals surface area contributed by atoms with Gasteiger partial charge < -0.3 is 9.64 Å². The van der Waals surface area contributed by atoms with Crippen LogP contribution >= 0.6 is 15.9 Å². The number of nitrogens with zero attached hydrogens (tertiary/aromatic N) is 3. The molecule has 3 aromatic rings. The highest BCUT2D eigenvalue weighted by molar-refractivity contribution is 9.10. The molecular formula is C20H22BrN3O. The summed E-state index contributed by atoms with van der Waals surface area (Å²) in [4.78, 5) is 11.5. The number of hydrogen-bond donors (Lipinski definition) is 0. The molecule has 0 amide bonds. The normalized spacial score (nSPS) is 10.9. The first-order valence-electron chi connectivity index (χ1n) is 8.47. The molecule has 4 nitrogen and oxygen atoms in total. The average molecular weight is 400 g/mol. The second-order valence-corrected chi connectivity index (χ2v) is 6.78. The number of halogens is 1. The van der Waals surface area contributed by atoms with Crippen LogP contribution in [-0.2, 0) is 6.42 Å². The van der Waals surface area contributed by atoms with E-state index in [1.54, 1.807) is 7.11 Å². The molecule has 0 bridgehead atoms. The molecule has 0 saturated heterocycles. The Morgan fingerprint density at radius 1 is 1.08 bits per heavy atom. The minimum absolute atomic E-state index is 0.669.